The minimum absolute atomic E-state index is 0.139. The Balaban J connectivity index is 1.75. The molecule has 0 spiro atoms. The summed E-state index contributed by atoms with van der Waals surface area (Å²) in [7, 11) is 0. The first-order valence-electron chi connectivity index (χ1n) is 12.3. The number of carbonyl (C=O) groups excluding carboxylic acids is 1. The number of hydrogen-bond donors (Lipinski definition) is 0. The molecule has 0 bridgehead atoms. The Morgan fingerprint density at radius 3 is 2.41 bits per heavy atom. The van der Waals surface area contributed by atoms with Gasteiger partial charge in [-0.05, 0) is 55.2 Å². The number of benzene rings is 2. The molecule has 3 aromatic rings. The number of halogens is 1. The Bertz CT molecular complexity index is 1230. The second kappa shape index (κ2) is 10.6. The van der Waals surface area contributed by atoms with Crippen LogP contribution in [0.4, 0.5) is 0 Å². The van der Waals surface area contributed by atoms with Gasteiger partial charge in [0.2, 0.25) is 5.76 Å². The van der Waals surface area contributed by atoms with Gasteiger partial charge in [0, 0.05) is 11.6 Å². The fourth-order valence-electron chi connectivity index (χ4n) is 4.54. The van der Waals surface area contributed by atoms with Gasteiger partial charge in [0.05, 0.1) is 23.6 Å². The Hall–Kier alpha value is -2.79. The van der Waals surface area contributed by atoms with E-state index in [-0.39, 0.29) is 17.1 Å². The van der Waals surface area contributed by atoms with Crippen molar-refractivity contribution in [3.63, 3.8) is 0 Å². The van der Waals surface area contributed by atoms with Gasteiger partial charge in [-0.2, -0.15) is 0 Å². The maximum Gasteiger partial charge on any atom is 0.290 e. The van der Waals surface area contributed by atoms with Gasteiger partial charge in [-0.15, -0.1) is 0 Å². The van der Waals surface area contributed by atoms with Crippen molar-refractivity contribution < 1.29 is 13.9 Å². The lowest BCUT2D eigenvalue weighted by molar-refractivity contribution is 0.0724. The third kappa shape index (κ3) is 4.72. The summed E-state index contributed by atoms with van der Waals surface area (Å²) in [5.74, 6) is 0.693. The molecule has 0 fully saturated rings. The van der Waals surface area contributed by atoms with Gasteiger partial charge in [0.1, 0.15) is 11.3 Å². The van der Waals surface area contributed by atoms with Gasteiger partial charge in [-0.25, -0.2) is 0 Å². The highest BCUT2D eigenvalue weighted by molar-refractivity contribution is 6.32. The molecule has 34 heavy (non-hydrogen) atoms. The maximum absolute atomic E-state index is 13.6. The van der Waals surface area contributed by atoms with Crippen molar-refractivity contribution in [1.82, 2.24) is 4.90 Å². The van der Waals surface area contributed by atoms with Crippen molar-refractivity contribution in [3.05, 3.63) is 74.1 Å². The zero-order valence-corrected chi connectivity index (χ0v) is 20.9. The number of hydrogen-bond acceptors (Lipinski definition) is 4. The lowest BCUT2D eigenvalue weighted by Crippen LogP contribution is -2.30. The monoisotopic (exact) mass is 481 g/mol. The van der Waals surface area contributed by atoms with Crippen LogP contribution < -0.4 is 10.2 Å². The predicted molar refractivity (Wildman–Crippen MR) is 136 cm³/mol. The van der Waals surface area contributed by atoms with Gasteiger partial charge >= 0.3 is 0 Å². The van der Waals surface area contributed by atoms with Crippen LogP contribution in [0.2, 0.25) is 5.02 Å². The molecule has 1 aliphatic heterocycles. The molecule has 1 unspecified atom stereocenters. The highest BCUT2D eigenvalue weighted by Gasteiger charge is 2.42. The zero-order chi connectivity index (χ0) is 24.2. The normalized spacial score (nSPS) is 15.2. The fourth-order valence-corrected chi connectivity index (χ4v) is 4.70. The first-order chi connectivity index (χ1) is 16.5. The van der Waals surface area contributed by atoms with Crippen molar-refractivity contribution in [2.75, 3.05) is 13.2 Å². The molecule has 180 valence electrons. The van der Waals surface area contributed by atoms with Crippen molar-refractivity contribution in [3.8, 4) is 5.75 Å². The first-order valence-corrected chi connectivity index (χ1v) is 12.6. The average molecular weight is 482 g/mol. The van der Waals surface area contributed by atoms with Crippen LogP contribution in [0.5, 0.6) is 5.75 Å². The third-order valence-corrected chi connectivity index (χ3v) is 6.87. The molecule has 0 radical (unpaired) electrons. The molecule has 2 heterocycles. The molecule has 6 heteroatoms. The van der Waals surface area contributed by atoms with Crippen molar-refractivity contribution in [2.45, 2.75) is 65.3 Å². The number of rotatable bonds is 10. The Labute approximate surface area is 205 Å². The first kappa shape index (κ1) is 24.3. The van der Waals surface area contributed by atoms with Crippen LogP contribution in [0.25, 0.3) is 11.0 Å². The van der Waals surface area contributed by atoms with Crippen LogP contribution in [-0.4, -0.2) is 24.0 Å². The van der Waals surface area contributed by atoms with E-state index in [9.17, 15) is 9.59 Å². The Kier molecular flexibility index (Phi) is 7.62. The summed E-state index contributed by atoms with van der Waals surface area (Å²) in [6.45, 7) is 7.38. The fraction of sp³-hybridized carbons (Fsp3) is 0.429. The number of aryl methyl sites for hydroxylation is 1. The van der Waals surface area contributed by atoms with Crippen LogP contribution in [0.15, 0.2) is 45.6 Å². The molecule has 1 amide bonds. The summed E-state index contributed by atoms with van der Waals surface area (Å²) >= 11 is 6.31. The van der Waals surface area contributed by atoms with Gasteiger partial charge in [-0.3, -0.25) is 9.59 Å². The molecule has 1 atom stereocenters. The van der Waals surface area contributed by atoms with Crippen molar-refractivity contribution >= 4 is 28.5 Å². The van der Waals surface area contributed by atoms with Crippen LogP contribution >= 0.6 is 11.6 Å². The molecule has 5 nitrogen and oxygen atoms in total. The SMILES string of the molecule is CCCCCOc1ccc(C2c3c(oc4cc(C)c(Cl)cc4c3=O)C(=O)N2CCCCC)cc1. The molecular weight excluding hydrogens is 450 g/mol. The second-order valence-electron chi connectivity index (χ2n) is 9.00. The molecule has 1 aromatic heterocycles. The van der Waals surface area contributed by atoms with E-state index in [1.807, 2.05) is 31.2 Å². The number of carbonyl (C=O) groups is 1. The number of fused-ring (bicyclic) bond motifs is 2. The van der Waals surface area contributed by atoms with E-state index in [0.717, 1.165) is 55.4 Å². The third-order valence-electron chi connectivity index (χ3n) is 6.46. The summed E-state index contributed by atoms with van der Waals surface area (Å²) in [5.41, 5.74) is 2.26. The molecule has 0 saturated carbocycles. The van der Waals surface area contributed by atoms with E-state index in [4.69, 9.17) is 20.8 Å². The van der Waals surface area contributed by atoms with E-state index >= 15 is 0 Å². The Morgan fingerprint density at radius 1 is 1.00 bits per heavy atom. The molecule has 2 aromatic carbocycles. The van der Waals surface area contributed by atoms with Gasteiger partial charge in [-0.1, -0.05) is 63.3 Å². The summed E-state index contributed by atoms with van der Waals surface area (Å²) < 4.78 is 11.9. The molecule has 1 aliphatic rings. The quantitative estimate of drug-likeness (QED) is 0.291. The van der Waals surface area contributed by atoms with Crippen molar-refractivity contribution in [1.29, 1.82) is 0 Å². The number of nitrogens with zero attached hydrogens (tertiary/aromatic N) is 1. The summed E-state index contributed by atoms with van der Waals surface area (Å²) in [5, 5.41) is 0.906. The largest absolute Gasteiger partial charge is 0.494 e. The Morgan fingerprint density at radius 2 is 1.71 bits per heavy atom. The van der Waals surface area contributed by atoms with Crippen LogP contribution in [0.1, 0.15) is 85.7 Å². The number of ether oxygens (including phenoxy) is 1. The predicted octanol–water partition coefficient (Wildman–Crippen LogP) is 7.06. The maximum atomic E-state index is 13.6. The minimum Gasteiger partial charge on any atom is -0.494 e. The standard InChI is InChI=1S/C28H32ClNO4/c1-4-6-8-14-30-25(19-10-12-20(13-11-19)33-15-9-7-5-2)24-26(31)21-17-22(29)18(3)16-23(21)34-27(24)28(30)32/h10-13,16-17,25H,4-9,14-15H2,1-3H3. The van der Waals surface area contributed by atoms with E-state index in [2.05, 4.69) is 13.8 Å². The summed E-state index contributed by atoms with van der Waals surface area (Å²) in [6.07, 6.45) is 6.22. The zero-order valence-electron chi connectivity index (χ0n) is 20.2. The van der Waals surface area contributed by atoms with E-state index in [1.165, 1.54) is 0 Å². The molecule has 4 rings (SSSR count). The average Bonchev–Trinajstić information content (AvgIpc) is 3.11. The lowest BCUT2D eigenvalue weighted by atomic mass is 9.98. The van der Waals surface area contributed by atoms with Gasteiger partial charge in [0.15, 0.2) is 5.43 Å². The van der Waals surface area contributed by atoms with Crippen molar-refractivity contribution in [2.24, 2.45) is 0 Å². The smallest absolute Gasteiger partial charge is 0.290 e. The summed E-state index contributed by atoms with van der Waals surface area (Å²) in [6, 6.07) is 10.6. The molecular formula is C28H32ClNO4. The topological polar surface area (TPSA) is 59.8 Å². The van der Waals surface area contributed by atoms with E-state index < -0.39 is 6.04 Å². The van der Waals surface area contributed by atoms with Crippen LogP contribution in [-0.2, 0) is 0 Å². The highest BCUT2D eigenvalue weighted by Crippen LogP contribution is 2.39. The van der Waals surface area contributed by atoms with Gasteiger partial charge < -0.3 is 14.1 Å². The molecule has 0 saturated heterocycles. The number of unbranched alkanes of at least 4 members (excludes halogenated alkanes) is 4. The molecule has 0 N–H and O–H groups in total. The van der Waals surface area contributed by atoms with Gasteiger partial charge in [0.25, 0.3) is 5.91 Å². The van der Waals surface area contributed by atoms with Crippen LogP contribution in [0.3, 0.4) is 0 Å². The number of amides is 1. The summed E-state index contributed by atoms with van der Waals surface area (Å²) in [4.78, 5) is 28.8. The highest BCUT2D eigenvalue weighted by atomic mass is 35.5. The molecule has 0 aliphatic carbocycles. The van der Waals surface area contributed by atoms with E-state index in [1.54, 1.807) is 17.0 Å². The van der Waals surface area contributed by atoms with E-state index in [0.29, 0.717) is 34.7 Å². The minimum atomic E-state index is -0.491. The lowest BCUT2D eigenvalue weighted by Gasteiger charge is -2.25. The van der Waals surface area contributed by atoms with Crippen LogP contribution in [0, 0.1) is 6.92 Å². The second-order valence-corrected chi connectivity index (χ2v) is 9.41.